The molecule has 7 heteroatoms. The van der Waals surface area contributed by atoms with Crippen LogP contribution in [-0.2, 0) is 37.3 Å². The van der Waals surface area contributed by atoms with Crippen molar-refractivity contribution in [3.05, 3.63) is 260 Å². The fraction of sp³-hybridized carbons (Fsp3) is 0.167. The Hall–Kier alpha value is -7.76. The third-order valence-electron chi connectivity index (χ3n) is 15.5. The molecule has 0 saturated carbocycles. The predicted molar refractivity (Wildman–Crippen MR) is 329 cm³/mol. The van der Waals surface area contributed by atoms with Gasteiger partial charge in [0.05, 0.1) is 0 Å². The molecule has 0 unspecified atom stereocenters. The van der Waals surface area contributed by atoms with E-state index in [1.165, 1.54) is 37.4 Å². The number of hydrogen-bond acceptors (Lipinski definition) is 4. The maximum atomic E-state index is 6.91. The van der Waals surface area contributed by atoms with Crippen molar-refractivity contribution in [1.29, 1.82) is 0 Å². The number of rotatable bonds is 10. The van der Waals surface area contributed by atoms with Crippen molar-refractivity contribution in [2.24, 2.45) is 0 Å². The van der Waals surface area contributed by atoms with Crippen LogP contribution in [0.3, 0.4) is 0 Å². The molecule has 396 valence electrons. The number of anilines is 4. The maximum absolute atomic E-state index is 6.91. The molecule has 0 atom stereocenters. The van der Waals surface area contributed by atoms with Crippen molar-refractivity contribution in [1.82, 2.24) is 9.55 Å². The second-order valence-electron chi connectivity index (χ2n) is 23.8. The first-order valence-corrected chi connectivity index (χ1v) is 29.2. The van der Waals surface area contributed by atoms with Crippen LogP contribution in [-0.4, -0.2) is 17.6 Å². The summed E-state index contributed by atoms with van der Waals surface area (Å²) in [4.78, 5) is 9.69. The van der Waals surface area contributed by atoms with Gasteiger partial charge in [-0.25, -0.2) is 4.98 Å². The van der Waals surface area contributed by atoms with Crippen molar-refractivity contribution in [3.63, 3.8) is 0 Å². The number of ether oxygens (including phenoxy) is 1. The van der Waals surface area contributed by atoms with Gasteiger partial charge in [0, 0.05) is 66.9 Å². The molecule has 0 radical (unpaired) electrons. The normalized spacial score (nSPS) is 12.9. The SMILES string of the molecule is CC(C)(C)c1cc(N2[CH-]N(c3[c-]c(Oc4[c-]c5c(cc4)c4cc([Si](c6ccccc6)(c6ccccc6)c6ccccc6)ccc4n5-c4cc(C(C)(C)C)ccn4)ccc3)c3cccc(-c4ccccc4)c32)cc(C(C)(C)C)c1.[Pt]. The Morgan fingerprint density at radius 3 is 1.63 bits per heavy atom. The molecule has 0 saturated heterocycles. The summed E-state index contributed by atoms with van der Waals surface area (Å²) < 4.78 is 9.18. The van der Waals surface area contributed by atoms with Crippen LogP contribution in [0.25, 0.3) is 38.8 Å². The summed E-state index contributed by atoms with van der Waals surface area (Å²) in [6.45, 7) is 22.7. The van der Waals surface area contributed by atoms with E-state index in [1.54, 1.807) is 0 Å². The topological polar surface area (TPSA) is 33.5 Å². The van der Waals surface area contributed by atoms with Crippen LogP contribution in [0, 0.1) is 18.8 Å². The first-order chi connectivity index (χ1) is 37.6. The summed E-state index contributed by atoms with van der Waals surface area (Å²) in [5.74, 6) is 2.00. The third kappa shape index (κ3) is 9.85. The van der Waals surface area contributed by atoms with E-state index < -0.39 is 8.07 Å². The number of nitrogens with zero attached hydrogens (tertiary/aromatic N) is 4. The minimum Gasteiger partial charge on any atom is -0.509 e. The summed E-state index contributed by atoms with van der Waals surface area (Å²) in [6, 6.07) is 87.1. The molecular weight excluding hydrogens is 1160 g/mol. The average molecular weight is 1230 g/mol. The molecule has 0 N–H and O–H groups in total. The smallest absolute Gasteiger partial charge is 0.179 e. The van der Waals surface area contributed by atoms with Crippen LogP contribution >= 0.6 is 0 Å². The Labute approximate surface area is 482 Å². The monoisotopic (exact) mass is 1220 g/mol. The van der Waals surface area contributed by atoms with Crippen LogP contribution in [0.4, 0.5) is 22.7 Å². The minimum absolute atomic E-state index is 0. The first-order valence-electron chi connectivity index (χ1n) is 27.2. The van der Waals surface area contributed by atoms with Crippen molar-refractivity contribution in [3.8, 4) is 28.4 Å². The first kappa shape index (κ1) is 53.2. The van der Waals surface area contributed by atoms with Gasteiger partial charge in [0.1, 0.15) is 5.82 Å². The molecule has 5 nitrogen and oxygen atoms in total. The fourth-order valence-electron chi connectivity index (χ4n) is 11.4. The van der Waals surface area contributed by atoms with E-state index in [4.69, 9.17) is 9.72 Å². The molecule has 0 bridgehead atoms. The summed E-state index contributed by atoms with van der Waals surface area (Å²) in [5.41, 5.74) is 12.0. The second-order valence-corrected chi connectivity index (χ2v) is 27.6. The standard InChI is InChI=1S/C72H65N4OSi.Pt/c1-70(2,3)51-40-41-73-68(45-51)76-65-39-37-61(78(58-28-16-11-17-29-58,59-30-18-12-19-31-59)60-32-20-13-21-33-60)48-64(65)63-38-36-57(47-67(63)76)77-56-27-22-26-54(46-56)74-49-75(55-43-52(71(4,5)6)42-53(44-55)72(7,8)9)69-62(34-23-35-66(69)74)50-24-14-10-15-25-50;/h10-45,48-49H,1-9H3;/q-3;. The Morgan fingerprint density at radius 2 is 1.04 bits per heavy atom. The number of benzene rings is 9. The molecule has 0 spiro atoms. The van der Waals surface area contributed by atoms with E-state index >= 15 is 0 Å². The van der Waals surface area contributed by atoms with Gasteiger partial charge >= 0.3 is 0 Å². The minimum atomic E-state index is -2.85. The van der Waals surface area contributed by atoms with Gasteiger partial charge in [0.2, 0.25) is 0 Å². The molecule has 1 aliphatic heterocycles. The van der Waals surface area contributed by atoms with Gasteiger partial charge in [-0.1, -0.05) is 219 Å². The van der Waals surface area contributed by atoms with Crippen LogP contribution in [0.2, 0.25) is 0 Å². The van der Waals surface area contributed by atoms with Crippen molar-refractivity contribution in [2.75, 3.05) is 9.80 Å². The zero-order valence-electron chi connectivity index (χ0n) is 46.5. The van der Waals surface area contributed by atoms with Gasteiger partial charge in [-0.2, -0.15) is 12.1 Å². The van der Waals surface area contributed by atoms with Crippen LogP contribution in [0.5, 0.6) is 11.5 Å². The zero-order valence-corrected chi connectivity index (χ0v) is 49.7. The van der Waals surface area contributed by atoms with E-state index in [2.05, 4.69) is 308 Å². The van der Waals surface area contributed by atoms with E-state index in [9.17, 15) is 0 Å². The Kier molecular flexibility index (Phi) is 14.0. The van der Waals surface area contributed by atoms with Gasteiger partial charge in [-0.05, 0) is 101 Å². The van der Waals surface area contributed by atoms with Crippen molar-refractivity contribution >= 4 is 73.4 Å². The number of para-hydroxylation sites is 1. The number of fused-ring (bicyclic) bond motifs is 4. The quantitative estimate of drug-likeness (QED) is 0.0776. The second kappa shape index (κ2) is 20.8. The summed E-state index contributed by atoms with van der Waals surface area (Å²) in [5, 5.41) is 7.48. The van der Waals surface area contributed by atoms with Gasteiger partial charge in [-0.15, -0.1) is 48.1 Å². The molecule has 0 amide bonds. The molecule has 9 aromatic carbocycles. The Morgan fingerprint density at radius 1 is 0.468 bits per heavy atom. The van der Waals surface area contributed by atoms with E-state index in [0.717, 1.165) is 61.5 Å². The number of pyridine rings is 1. The zero-order chi connectivity index (χ0) is 54.0. The van der Waals surface area contributed by atoms with Gasteiger partial charge in [-0.3, -0.25) is 0 Å². The maximum Gasteiger partial charge on any atom is 0.179 e. The van der Waals surface area contributed by atoms with Crippen LogP contribution < -0.4 is 35.3 Å². The van der Waals surface area contributed by atoms with Crippen molar-refractivity contribution < 1.29 is 25.8 Å². The number of aromatic nitrogens is 2. The van der Waals surface area contributed by atoms with E-state index in [0.29, 0.717) is 11.5 Å². The van der Waals surface area contributed by atoms with Gasteiger partial charge < -0.3 is 19.1 Å². The molecule has 0 aliphatic carbocycles. The Balaban J connectivity index is 0.00000660. The molecule has 11 aromatic rings. The fourth-order valence-corrected chi connectivity index (χ4v) is 16.1. The average Bonchev–Trinajstić information content (AvgIpc) is 4.25. The largest absolute Gasteiger partial charge is 0.509 e. The van der Waals surface area contributed by atoms with E-state index in [-0.39, 0.29) is 37.3 Å². The summed E-state index contributed by atoms with van der Waals surface area (Å²) >= 11 is 0. The third-order valence-corrected chi connectivity index (χ3v) is 20.3. The molecule has 3 heterocycles. The summed E-state index contributed by atoms with van der Waals surface area (Å²) in [6.07, 6.45) is 1.93. The van der Waals surface area contributed by atoms with Gasteiger partial charge in [0.25, 0.3) is 0 Å². The van der Waals surface area contributed by atoms with Crippen LogP contribution in [0.15, 0.2) is 225 Å². The van der Waals surface area contributed by atoms with Crippen LogP contribution in [0.1, 0.15) is 79.0 Å². The molecule has 79 heavy (non-hydrogen) atoms. The van der Waals surface area contributed by atoms with Crippen molar-refractivity contribution in [2.45, 2.75) is 78.6 Å². The summed E-state index contributed by atoms with van der Waals surface area (Å²) in [7, 11) is -2.85. The molecular formula is C72H65N4OPtSi-3. The number of hydrogen-bond donors (Lipinski definition) is 0. The Bertz CT molecular complexity index is 3860. The molecule has 2 aromatic heterocycles. The van der Waals surface area contributed by atoms with E-state index in [1.807, 2.05) is 12.3 Å². The molecule has 0 fully saturated rings. The van der Waals surface area contributed by atoms with Gasteiger partial charge in [0.15, 0.2) is 8.07 Å². The molecule has 1 aliphatic rings. The molecule has 12 rings (SSSR count). The predicted octanol–water partition coefficient (Wildman–Crippen LogP) is 15.9.